The summed E-state index contributed by atoms with van der Waals surface area (Å²) in [6.45, 7) is -1.94. The van der Waals surface area contributed by atoms with Gasteiger partial charge in [-0.15, -0.1) is 0 Å². The number of carboxylic acid groups (broad SMARTS) is 5. The van der Waals surface area contributed by atoms with Crippen LogP contribution in [-0.4, -0.2) is 118 Å². The molecule has 0 bridgehead atoms. The Bertz CT molecular complexity index is 308. The third kappa shape index (κ3) is 164. The molecule has 27 heavy (non-hydrogen) atoms. The summed E-state index contributed by atoms with van der Waals surface area (Å²) in [5.41, 5.74) is 22.5. The Morgan fingerprint density at radius 2 is 0.481 bits per heavy atom. The predicted octanol–water partition coefficient (Wildman–Crippen LogP) is -12.3. The van der Waals surface area contributed by atoms with E-state index in [1.807, 2.05) is 0 Å². The molecule has 0 heterocycles. The molecule has 15 nitrogen and oxygen atoms in total. The van der Waals surface area contributed by atoms with Crippen LogP contribution >= 0.6 is 0 Å². The number of nitrogens with two attached hydrogens (primary N) is 5. The van der Waals surface area contributed by atoms with Gasteiger partial charge in [-0.2, -0.15) is 0 Å². The van der Waals surface area contributed by atoms with Crippen molar-refractivity contribution < 1.29 is 49.5 Å². The second kappa shape index (κ2) is 39.8. The molecule has 0 aromatic carbocycles. The first-order chi connectivity index (χ1) is 11.4. The van der Waals surface area contributed by atoms with E-state index in [2.05, 4.69) is 28.7 Å². The monoisotopic (exact) mass is 437 g/mol. The molecule has 0 saturated heterocycles. The van der Waals surface area contributed by atoms with E-state index in [1.54, 1.807) is 0 Å². The number of carbonyl (C=O) groups excluding carboxylic acids is 5. The van der Waals surface area contributed by atoms with Crippen molar-refractivity contribution in [1.29, 1.82) is 0 Å². The van der Waals surface area contributed by atoms with Crippen molar-refractivity contribution >= 4 is 84.9 Å². The van der Waals surface area contributed by atoms with E-state index in [-0.39, 0.29) is 87.8 Å². The fraction of sp³-hybridized carbons (Fsp3) is 0.500. The summed E-state index contributed by atoms with van der Waals surface area (Å²) in [5.74, 6) is -6.09. The van der Waals surface area contributed by atoms with Crippen LogP contribution in [0.3, 0.4) is 0 Å². The van der Waals surface area contributed by atoms with Gasteiger partial charge in [0.2, 0.25) is 0 Å². The van der Waals surface area contributed by atoms with Gasteiger partial charge >= 0.3 is 55.1 Å². The average Bonchev–Trinajstić information content (AvgIpc) is 2.56. The number of rotatable bonds is 5. The molecule has 0 unspecified atom stereocenters. The largest absolute Gasteiger partial charge is 3.00 e. The Balaban J connectivity index is -0.0000000364. The number of carboxylic acids is 5. The van der Waals surface area contributed by atoms with Gasteiger partial charge in [0.05, 0.1) is 29.8 Å². The number of aliphatic carboxylic acids is 5. The van der Waals surface area contributed by atoms with Crippen molar-refractivity contribution in [1.82, 2.24) is 0 Å². The van der Waals surface area contributed by atoms with Crippen LogP contribution in [0.5, 0.6) is 0 Å². The molecule has 0 amide bonds. The minimum atomic E-state index is -1.22. The Morgan fingerprint density at radius 1 is 0.444 bits per heavy atom. The molecule has 10 N–H and O–H groups in total. The third-order valence-corrected chi connectivity index (χ3v) is 0.833. The molecule has 0 fully saturated rings. The number of carbonyl (C=O) groups is 5. The molecular formula is C10H20AlCaN5O10. The topological polar surface area (TPSA) is 331 Å². The molecule has 0 radical (unpaired) electrons. The maximum Gasteiger partial charge on any atom is 3.00 e. The van der Waals surface area contributed by atoms with Gasteiger partial charge in [-0.3, -0.25) is 0 Å². The molecule has 0 saturated carbocycles. The van der Waals surface area contributed by atoms with Crippen LogP contribution < -0.4 is 54.2 Å². The van der Waals surface area contributed by atoms with E-state index in [4.69, 9.17) is 49.5 Å². The van der Waals surface area contributed by atoms with Crippen molar-refractivity contribution in [3.8, 4) is 0 Å². The van der Waals surface area contributed by atoms with Crippen molar-refractivity contribution in [2.45, 2.75) is 0 Å². The molecule has 0 spiro atoms. The molecule has 0 aromatic heterocycles. The van der Waals surface area contributed by atoms with Crippen molar-refractivity contribution in [2.75, 3.05) is 32.7 Å². The standard InChI is InChI=1S/5C2H5NO2.Al.Ca/c5*3-1-2(4)5;;/h5*1,3H2,(H,4,5);;/q;;;;;+3;+2/p-5. The van der Waals surface area contributed by atoms with Gasteiger partial charge in [-0.05, 0) is 0 Å². The van der Waals surface area contributed by atoms with Crippen LogP contribution in [0.1, 0.15) is 0 Å². The van der Waals surface area contributed by atoms with Crippen LogP contribution in [0.15, 0.2) is 0 Å². The zero-order chi connectivity index (χ0) is 21.4. The first kappa shape index (κ1) is 45.0. The Kier molecular flexibility index (Phi) is 66.4. The summed E-state index contributed by atoms with van der Waals surface area (Å²) >= 11 is 0. The van der Waals surface area contributed by atoms with Crippen molar-refractivity contribution in [3.05, 3.63) is 0 Å². The summed E-state index contributed by atoms with van der Waals surface area (Å²) in [6, 6.07) is 0. The first-order valence-corrected chi connectivity index (χ1v) is 5.85. The van der Waals surface area contributed by atoms with E-state index in [0.717, 1.165) is 0 Å². The smallest absolute Gasteiger partial charge is 0.549 e. The van der Waals surface area contributed by atoms with Crippen LogP contribution in [-0.2, 0) is 24.0 Å². The summed E-state index contributed by atoms with van der Waals surface area (Å²) in [5, 5.41) is 45.7. The SMILES string of the molecule is NCC(=O)[O-].NCC(=O)[O-].NCC(=O)[O-].NCC(=O)[O-].NCC(=O)[O-].[Al+3].[Ca+2]. The van der Waals surface area contributed by atoms with Gasteiger partial charge in [-0.25, -0.2) is 0 Å². The fourth-order valence-corrected chi connectivity index (χ4v) is 0. The van der Waals surface area contributed by atoms with E-state index >= 15 is 0 Å². The Hall–Kier alpha value is -1.06. The summed E-state index contributed by atoms with van der Waals surface area (Å²) in [4.78, 5) is 45.7. The fourth-order valence-electron chi connectivity index (χ4n) is 0. The van der Waals surface area contributed by atoms with Gasteiger partial charge in [0.15, 0.2) is 0 Å². The molecule has 150 valence electrons. The molecule has 0 aliphatic rings. The normalized spacial score (nSPS) is 6.85. The Labute approximate surface area is 195 Å². The average molecular weight is 437 g/mol. The van der Waals surface area contributed by atoms with Gasteiger partial charge in [0.1, 0.15) is 0 Å². The molecule has 17 heteroatoms. The zero-order valence-corrected chi connectivity index (χ0v) is 17.7. The molecule has 0 aliphatic carbocycles. The molecule has 0 rings (SSSR count). The minimum absolute atomic E-state index is 0. The summed E-state index contributed by atoms with van der Waals surface area (Å²) < 4.78 is 0. The van der Waals surface area contributed by atoms with Gasteiger partial charge < -0.3 is 78.2 Å². The second-order valence-electron chi connectivity index (χ2n) is 2.88. The Morgan fingerprint density at radius 3 is 0.481 bits per heavy atom. The first-order valence-electron chi connectivity index (χ1n) is 5.85. The van der Waals surface area contributed by atoms with E-state index in [1.165, 1.54) is 0 Å². The van der Waals surface area contributed by atoms with Gasteiger partial charge in [0.25, 0.3) is 0 Å². The maximum atomic E-state index is 9.13. The quantitative estimate of drug-likeness (QED) is 0.249. The van der Waals surface area contributed by atoms with Crippen LogP contribution in [0.2, 0.25) is 0 Å². The van der Waals surface area contributed by atoms with Gasteiger partial charge in [0, 0.05) is 32.7 Å². The molecule has 0 aliphatic heterocycles. The van der Waals surface area contributed by atoms with E-state index < -0.39 is 29.8 Å². The molecular weight excluding hydrogens is 417 g/mol. The molecule has 0 aromatic rings. The van der Waals surface area contributed by atoms with Gasteiger partial charge in [-0.1, -0.05) is 0 Å². The number of hydrogen-bond acceptors (Lipinski definition) is 15. The minimum Gasteiger partial charge on any atom is -0.549 e. The maximum absolute atomic E-state index is 9.13. The second-order valence-corrected chi connectivity index (χ2v) is 2.88. The van der Waals surface area contributed by atoms with Crippen LogP contribution in [0, 0.1) is 0 Å². The van der Waals surface area contributed by atoms with E-state index in [0.29, 0.717) is 0 Å². The predicted molar refractivity (Wildman–Crippen MR) is 81.8 cm³/mol. The summed E-state index contributed by atoms with van der Waals surface area (Å²) in [7, 11) is 0. The third-order valence-electron chi connectivity index (χ3n) is 0.833. The van der Waals surface area contributed by atoms with Crippen LogP contribution in [0.4, 0.5) is 0 Å². The molecule has 0 atom stereocenters. The summed E-state index contributed by atoms with van der Waals surface area (Å²) in [6.07, 6.45) is 0. The number of hydrogen-bond donors (Lipinski definition) is 5. The van der Waals surface area contributed by atoms with Crippen molar-refractivity contribution in [2.24, 2.45) is 28.7 Å². The zero-order valence-electron chi connectivity index (χ0n) is 14.3. The van der Waals surface area contributed by atoms with Crippen molar-refractivity contribution in [3.63, 3.8) is 0 Å². The van der Waals surface area contributed by atoms with Crippen LogP contribution in [0.25, 0.3) is 0 Å². The van der Waals surface area contributed by atoms with E-state index in [9.17, 15) is 0 Å².